The predicted octanol–water partition coefficient (Wildman–Crippen LogP) is 4.37. The third-order valence-electron chi connectivity index (χ3n) is 1.89. The molecule has 4 heteroatoms. The van der Waals surface area contributed by atoms with E-state index in [0.717, 1.165) is 12.1 Å². The molecule has 0 N–H and O–H groups in total. The first-order valence-electron chi connectivity index (χ1n) is 4.90. The maximum absolute atomic E-state index is 11.9. The average Bonchev–Trinajstić information content (AvgIpc) is 2.31. The first kappa shape index (κ1) is 17.2. The normalized spacial score (nSPS) is 9.72. The Morgan fingerprint density at radius 3 is 1.67 bits per heavy atom. The monoisotopic (exact) mass is 325 g/mol. The third kappa shape index (κ3) is 6.82. The Morgan fingerprint density at radius 1 is 0.889 bits per heavy atom. The zero-order valence-corrected chi connectivity index (χ0v) is 12.5. The Bertz CT molecular complexity index is 394. The van der Waals surface area contributed by atoms with Crippen molar-refractivity contribution in [1.82, 2.24) is 0 Å². The molecule has 0 atom stereocenters. The minimum Gasteiger partial charge on any atom is -0.199 e. The second kappa shape index (κ2) is 8.33. The fourth-order valence-electron chi connectivity index (χ4n) is 1.04. The Labute approximate surface area is 130 Å². The van der Waals surface area contributed by atoms with E-state index in [2.05, 4.69) is 13.0 Å². The van der Waals surface area contributed by atoms with Crippen LogP contribution in [0.3, 0.4) is 0 Å². The second-order valence-corrected chi connectivity index (χ2v) is 3.27. The van der Waals surface area contributed by atoms with Crippen LogP contribution in [0.25, 0.3) is 0 Å². The van der Waals surface area contributed by atoms with E-state index in [1.54, 1.807) is 0 Å². The summed E-state index contributed by atoms with van der Waals surface area (Å²) in [5.41, 5.74) is -0.0529. The molecule has 0 bridgehead atoms. The maximum atomic E-state index is 11.9. The van der Waals surface area contributed by atoms with Gasteiger partial charge in [0.1, 0.15) is 0 Å². The Hall–Kier alpha value is -0.796. The van der Waals surface area contributed by atoms with Crippen LogP contribution in [-0.4, -0.2) is 0 Å². The number of rotatable bonds is 0. The zero-order chi connectivity index (χ0) is 12.7. The summed E-state index contributed by atoms with van der Waals surface area (Å²) < 4.78 is 35.7. The van der Waals surface area contributed by atoms with Crippen molar-refractivity contribution in [1.29, 1.82) is 0 Å². The molecule has 93 valence electrons. The van der Waals surface area contributed by atoms with Crippen molar-refractivity contribution in [2.75, 3.05) is 0 Å². The van der Waals surface area contributed by atoms with Gasteiger partial charge in [-0.25, -0.2) is 0 Å². The van der Waals surface area contributed by atoms with Crippen molar-refractivity contribution in [3.8, 4) is 0 Å². The number of hydrogen-bond donors (Lipinski definition) is 0. The average molecular weight is 325 g/mol. The van der Waals surface area contributed by atoms with E-state index in [4.69, 9.17) is 0 Å². The van der Waals surface area contributed by atoms with E-state index in [9.17, 15) is 13.2 Å². The fraction of sp³-hybridized carbons (Fsp3) is 0.0714. The van der Waals surface area contributed by atoms with Gasteiger partial charge in [0.15, 0.2) is 0 Å². The molecule has 0 saturated carbocycles. The molecule has 0 nitrogen and oxygen atoms in total. The first-order chi connectivity index (χ1) is 8.00. The Morgan fingerprint density at radius 2 is 1.39 bits per heavy atom. The Kier molecular flexibility index (Phi) is 7.96. The summed E-state index contributed by atoms with van der Waals surface area (Å²) in [7, 11) is 0. The number of alkyl halides is 3. The molecular formula is C14H11F3Y-2. The number of benzene rings is 2. The van der Waals surface area contributed by atoms with Gasteiger partial charge >= 0.3 is 6.18 Å². The summed E-state index contributed by atoms with van der Waals surface area (Å²) >= 11 is 0. The van der Waals surface area contributed by atoms with Crippen molar-refractivity contribution in [2.24, 2.45) is 0 Å². The van der Waals surface area contributed by atoms with Crippen LogP contribution in [0.4, 0.5) is 13.2 Å². The minimum absolute atomic E-state index is 0. The van der Waals surface area contributed by atoms with Gasteiger partial charge in [0.05, 0.1) is 0 Å². The molecule has 18 heavy (non-hydrogen) atoms. The molecule has 0 heterocycles. The van der Waals surface area contributed by atoms with Gasteiger partial charge < -0.3 is 0 Å². The van der Waals surface area contributed by atoms with Gasteiger partial charge in [-0.2, -0.15) is 74.2 Å². The van der Waals surface area contributed by atoms with E-state index >= 15 is 0 Å². The summed E-state index contributed by atoms with van der Waals surface area (Å²) in [6.07, 6.45) is -4.24. The predicted molar refractivity (Wildman–Crippen MR) is 61.2 cm³/mol. The van der Waals surface area contributed by atoms with Crippen molar-refractivity contribution >= 4 is 0 Å². The number of halogens is 3. The fourth-order valence-corrected chi connectivity index (χ4v) is 1.04. The van der Waals surface area contributed by atoms with Crippen molar-refractivity contribution < 1.29 is 45.9 Å². The SMILES string of the molecule is [CH2-]c1ccc(C(F)(F)F)cc1.[Y].[c-]1ccccc1. The van der Waals surface area contributed by atoms with E-state index in [1.165, 1.54) is 12.1 Å². The van der Waals surface area contributed by atoms with Crippen LogP contribution in [0.1, 0.15) is 11.1 Å². The molecule has 0 aliphatic rings. The number of hydrogen-bond acceptors (Lipinski definition) is 0. The van der Waals surface area contributed by atoms with E-state index < -0.39 is 11.7 Å². The molecule has 0 saturated heterocycles. The van der Waals surface area contributed by atoms with E-state index in [0.29, 0.717) is 5.56 Å². The van der Waals surface area contributed by atoms with Gasteiger partial charge in [0.25, 0.3) is 0 Å². The molecule has 0 unspecified atom stereocenters. The Balaban J connectivity index is 0.000000352. The molecular weight excluding hydrogens is 314 g/mol. The van der Waals surface area contributed by atoms with Crippen LogP contribution in [0.15, 0.2) is 54.6 Å². The molecule has 0 fully saturated rings. The summed E-state index contributed by atoms with van der Waals surface area (Å²) in [6.45, 7) is 3.48. The van der Waals surface area contributed by atoms with Gasteiger partial charge in [0, 0.05) is 38.3 Å². The van der Waals surface area contributed by atoms with Crippen LogP contribution in [-0.2, 0) is 38.9 Å². The van der Waals surface area contributed by atoms with Gasteiger partial charge in [-0.1, -0.05) is 0 Å². The minimum atomic E-state index is -4.24. The van der Waals surface area contributed by atoms with Crippen LogP contribution in [0.2, 0.25) is 0 Å². The topological polar surface area (TPSA) is 0 Å². The molecule has 2 rings (SSSR count). The van der Waals surface area contributed by atoms with E-state index in [1.807, 2.05) is 30.3 Å². The summed E-state index contributed by atoms with van der Waals surface area (Å²) in [4.78, 5) is 0. The van der Waals surface area contributed by atoms with Crippen molar-refractivity contribution in [3.63, 3.8) is 0 Å². The third-order valence-corrected chi connectivity index (χ3v) is 1.89. The first-order valence-corrected chi connectivity index (χ1v) is 4.90. The van der Waals surface area contributed by atoms with Gasteiger partial charge in [-0.15, -0.1) is 12.1 Å². The summed E-state index contributed by atoms with van der Waals surface area (Å²) in [5.74, 6) is 0. The molecule has 2 aromatic rings. The molecule has 0 aliphatic heterocycles. The maximum Gasteiger partial charge on any atom is 0.414 e. The standard InChI is InChI=1S/C8H6F3.C6H5.Y/c1-6-2-4-7(5-3-6)8(9,10)11;1-2-4-6-5-3-1;/h2-5H,1H2;1-5H;/q2*-1;. The van der Waals surface area contributed by atoms with E-state index in [-0.39, 0.29) is 32.7 Å². The largest absolute Gasteiger partial charge is 0.414 e. The molecule has 1 radical (unpaired) electrons. The quantitative estimate of drug-likeness (QED) is 0.631. The molecule has 0 spiro atoms. The summed E-state index contributed by atoms with van der Waals surface area (Å²) in [6, 6.07) is 17.2. The van der Waals surface area contributed by atoms with Crippen LogP contribution in [0.5, 0.6) is 0 Å². The zero-order valence-electron chi connectivity index (χ0n) is 9.61. The molecule has 0 aromatic heterocycles. The van der Waals surface area contributed by atoms with Crippen LogP contribution >= 0.6 is 0 Å². The van der Waals surface area contributed by atoms with Gasteiger partial charge in [0.2, 0.25) is 0 Å². The van der Waals surface area contributed by atoms with Crippen molar-refractivity contribution in [3.05, 3.63) is 78.7 Å². The molecule has 0 amide bonds. The smallest absolute Gasteiger partial charge is 0.199 e. The molecule has 2 aromatic carbocycles. The van der Waals surface area contributed by atoms with Gasteiger partial charge in [-0.05, 0) is 0 Å². The summed E-state index contributed by atoms with van der Waals surface area (Å²) in [5, 5.41) is 0. The van der Waals surface area contributed by atoms with Crippen LogP contribution < -0.4 is 0 Å². The van der Waals surface area contributed by atoms with Crippen molar-refractivity contribution in [2.45, 2.75) is 6.18 Å². The molecule has 0 aliphatic carbocycles. The van der Waals surface area contributed by atoms with Crippen LogP contribution in [0, 0.1) is 13.0 Å². The van der Waals surface area contributed by atoms with Gasteiger partial charge in [-0.3, -0.25) is 0 Å². The second-order valence-electron chi connectivity index (χ2n) is 3.27.